The van der Waals surface area contributed by atoms with Crippen LogP contribution in [0.3, 0.4) is 0 Å². The van der Waals surface area contributed by atoms with Gasteiger partial charge in [0.05, 0.1) is 7.85 Å². The fraction of sp³-hybridized carbons (Fsp3) is 1.00. The zero-order chi connectivity index (χ0) is 16.9. The Hall–Kier alpha value is 0.130. The van der Waals surface area contributed by atoms with E-state index in [4.69, 9.17) is 7.85 Å². The van der Waals surface area contributed by atoms with Gasteiger partial charge < -0.3 is 0 Å². The predicted molar refractivity (Wildman–Crippen MR) is 108 cm³/mol. The van der Waals surface area contributed by atoms with Crippen molar-refractivity contribution in [2.75, 3.05) is 0 Å². The standard InChI is InChI=1S/C22H39B2/c1-20-14-8-7-11-18-22(24-20,19-13-12-15-20)21(23)16-9-5-3-2-4-6-10-17-21/h2-19H2,1H3. The highest BCUT2D eigenvalue weighted by Gasteiger charge is 2.50. The van der Waals surface area contributed by atoms with Gasteiger partial charge in [0.15, 0.2) is 0 Å². The molecule has 0 spiro atoms. The zero-order valence-electron chi connectivity index (χ0n) is 16.4. The molecule has 133 valence electrons. The van der Waals surface area contributed by atoms with Crippen LogP contribution in [0.4, 0.5) is 0 Å². The van der Waals surface area contributed by atoms with Crippen LogP contribution in [0.25, 0.3) is 0 Å². The average molecular weight is 325 g/mol. The monoisotopic (exact) mass is 325 g/mol. The molecule has 3 radical (unpaired) electrons. The third-order valence-corrected chi connectivity index (χ3v) is 7.85. The lowest BCUT2D eigenvalue weighted by atomic mass is 9.26. The van der Waals surface area contributed by atoms with Gasteiger partial charge >= 0.3 is 0 Å². The van der Waals surface area contributed by atoms with Crippen LogP contribution in [-0.4, -0.2) is 15.1 Å². The minimum absolute atomic E-state index is 0.0767. The van der Waals surface area contributed by atoms with E-state index in [1.165, 1.54) is 116 Å². The molecule has 3 rings (SSSR count). The van der Waals surface area contributed by atoms with Gasteiger partial charge in [-0.15, -0.1) is 0 Å². The Labute approximate surface area is 154 Å². The van der Waals surface area contributed by atoms with E-state index in [-0.39, 0.29) is 5.31 Å². The summed E-state index contributed by atoms with van der Waals surface area (Å²) < 4.78 is 0. The van der Waals surface area contributed by atoms with Crippen molar-refractivity contribution in [3.05, 3.63) is 0 Å². The minimum Gasteiger partial charge on any atom is -0.0675 e. The van der Waals surface area contributed by atoms with Crippen LogP contribution in [0, 0.1) is 0 Å². The van der Waals surface area contributed by atoms with Gasteiger partial charge in [-0.05, 0) is 0 Å². The fourth-order valence-electron chi connectivity index (χ4n) is 6.35. The fourth-order valence-corrected chi connectivity index (χ4v) is 6.35. The van der Waals surface area contributed by atoms with Crippen LogP contribution in [0.15, 0.2) is 0 Å². The number of fused-ring (bicyclic) bond motifs is 2. The summed E-state index contributed by atoms with van der Waals surface area (Å²) in [4.78, 5) is 0. The average Bonchev–Trinajstić information content (AvgIpc) is 2.74. The van der Waals surface area contributed by atoms with Crippen molar-refractivity contribution in [2.45, 2.75) is 138 Å². The van der Waals surface area contributed by atoms with Crippen molar-refractivity contribution in [2.24, 2.45) is 0 Å². The predicted octanol–water partition coefficient (Wildman–Crippen LogP) is 7.42. The van der Waals surface area contributed by atoms with Gasteiger partial charge in [0, 0.05) is 0 Å². The van der Waals surface area contributed by atoms with Crippen molar-refractivity contribution < 1.29 is 0 Å². The molecule has 0 amide bonds. The van der Waals surface area contributed by atoms with Crippen LogP contribution >= 0.6 is 0 Å². The molecule has 24 heavy (non-hydrogen) atoms. The Morgan fingerprint density at radius 3 is 1.54 bits per heavy atom. The largest absolute Gasteiger partial charge is 0.125 e. The maximum Gasteiger partial charge on any atom is 0.125 e. The highest BCUT2D eigenvalue weighted by atomic mass is 14.5. The van der Waals surface area contributed by atoms with Crippen LogP contribution in [0.2, 0.25) is 15.9 Å². The maximum atomic E-state index is 7.38. The van der Waals surface area contributed by atoms with Gasteiger partial charge in [-0.1, -0.05) is 138 Å². The molecule has 0 aromatic rings. The molecule has 2 heterocycles. The summed E-state index contributed by atoms with van der Waals surface area (Å²) in [7, 11) is 10.2. The molecule has 0 aromatic heterocycles. The van der Waals surface area contributed by atoms with Gasteiger partial charge in [0.1, 0.15) is 7.28 Å². The quantitative estimate of drug-likeness (QED) is 0.440. The molecule has 2 heteroatoms. The number of hydrogen-bond acceptors (Lipinski definition) is 0. The van der Waals surface area contributed by atoms with E-state index < -0.39 is 0 Å². The summed E-state index contributed by atoms with van der Waals surface area (Å²) in [6.45, 7) is 2.56. The lowest BCUT2D eigenvalue weighted by Gasteiger charge is -2.54. The molecule has 0 aromatic carbocycles. The van der Waals surface area contributed by atoms with Crippen molar-refractivity contribution in [1.29, 1.82) is 0 Å². The SMILES string of the molecule is [B]C1(C23[B]C(C)(CCCCC2)CCCC3)CCCCCCCCC1. The molecule has 2 saturated heterocycles. The molecule has 2 unspecified atom stereocenters. The Balaban J connectivity index is 1.86. The normalized spacial score (nSPS) is 38.9. The molecule has 2 bridgehead atoms. The van der Waals surface area contributed by atoms with Gasteiger partial charge in [-0.25, -0.2) is 0 Å². The third kappa shape index (κ3) is 4.27. The first-order chi connectivity index (χ1) is 11.6. The third-order valence-electron chi connectivity index (χ3n) is 7.85. The topological polar surface area (TPSA) is 0 Å². The molecule has 1 aliphatic carbocycles. The molecular formula is C22H39B2. The van der Waals surface area contributed by atoms with E-state index in [1.807, 2.05) is 0 Å². The maximum absolute atomic E-state index is 7.38. The summed E-state index contributed by atoms with van der Waals surface area (Å²) in [5.74, 6) is 0. The molecule has 0 nitrogen and oxygen atoms in total. The Bertz CT molecular complexity index is 383. The Kier molecular flexibility index (Phi) is 6.47. The van der Waals surface area contributed by atoms with E-state index in [0.29, 0.717) is 10.6 Å². The van der Waals surface area contributed by atoms with Gasteiger partial charge in [-0.2, -0.15) is 0 Å². The molecule has 3 aliphatic rings. The summed E-state index contributed by atoms with van der Waals surface area (Å²) >= 11 is 0. The van der Waals surface area contributed by atoms with E-state index >= 15 is 0 Å². The van der Waals surface area contributed by atoms with Crippen LogP contribution in [0.1, 0.15) is 122 Å². The van der Waals surface area contributed by atoms with E-state index in [0.717, 1.165) is 0 Å². The van der Waals surface area contributed by atoms with E-state index in [2.05, 4.69) is 14.2 Å². The summed E-state index contributed by atoms with van der Waals surface area (Å²) in [5, 5.41) is 0.865. The lowest BCUT2D eigenvalue weighted by molar-refractivity contribution is 0.263. The van der Waals surface area contributed by atoms with Crippen LogP contribution in [-0.2, 0) is 0 Å². The van der Waals surface area contributed by atoms with Crippen molar-refractivity contribution in [1.82, 2.24) is 0 Å². The van der Waals surface area contributed by atoms with Gasteiger partial charge in [-0.3, -0.25) is 0 Å². The lowest BCUT2D eigenvalue weighted by Crippen LogP contribution is -2.40. The molecule has 2 aliphatic heterocycles. The summed E-state index contributed by atoms with van der Waals surface area (Å²) in [6.07, 6.45) is 25.1. The van der Waals surface area contributed by atoms with Crippen molar-refractivity contribution in [3.8, 4) is 0 Å². The Morgan fingerprint density at radius 2 is 0.917 bits per heavy atom. The first-order valence-electron chi connectivity index (χ1n) is 11.2. The van der Waals surface area contributed by atoms with E-state index in [1.54, 1.807) is 0 Å². The molecule has 3 fully saturated rings. The van der Waals surface area contributed by atoms with E-state index in [9.17, 15) is 0 Å². The molecule has 0 N–H and O–H groups in total. The van der Waals surface area contributed by atoms with Gasteiger partial charge in [0.2, 0.25) is 0 Å². The molecular weight excluding hydrogens is 286 g/mol. The minimum atomic E-state index is 0.0767. The zero-order valence-corrected chi connectivity index (χ0v) is 16.4. The highest BCUT2D eigenvalue weighted by molar-refractivity contribution is 6.47. The van der Waals surface area contributed by atoms with Crippen LogP contribution < -0.4 is 0 Å². The molecule has 2 atom stereocenters. The first kappa shape index (κ1) is 18.9. The van der Waals surface area contributed by atoms with Gasteiger partial charge in [0.25, 0.3) is 0 Å². The number of hydrogen-bond donors (Lipinski definition) is 0. The first-order valence-corrected chi connectivity index (χ1v) is 11.2. The van der Waals surface area contributed by atoms with Crippen molar-refractivity contribution >= 4 is 15.1 Å². The number of rotatable bonds is 1. The second-order valence-electron chi connectivity index (χ2n) is 9.85. The second kappa shape index (κ2) is 8.22. The molecule has 1 saturated carbocycles. The van der Waals surface area contributed by atoms with Crippen molar-refractivity contribution in [3.63, 3.8) is 0 Å². The summed E-state index contributed by atoms with van der Waals surface area (Å²) in [6, 6.07) is 0. The highest BCUT2D eigenvalue weighted by Crippen LogP contribution is 2.67. The Morgan fingerprint density at radius 1 is 0.542 bits per heavy atom. The summed E-state index contributed by atoms with van der Waals surface area (Å²) in [5.41, 5.74) is 0. The van der Waals surface area contributed by atoms with Crippen LogP contribution in [0.5, 0.6) is 0 Å². The second-order valence-corrected chi connectivity index (χ2v) is 9.85. The smallest absolute Gasteiger partial charge is 0.0675 e.